The number of hydrogen-bond acceptors (Lipinski definition) is 4. The van der Waals surface area contributed by atoms with Gasteiger partial charge in [-0.25, -0.2) is 13.4 Å². The fourth-order valence-electron chi connectivity index (χ4n) is 1.89. The number of sulfone groups is 1. The van der Waals surface area contributed by atoms with Crippen molar-refractivity contribution in [3.63, 3.8) is 0 Å². The Morgan fingerprint density at radius 2 is 2.24 bits per heavy atom. The quantitative estimate of drug-likeness (QED) is 0.901. The zero-order valence-corrected chi connectivity index (χ0v) is 11.4. The molecule has 1 atom stereocenters. The lowest BCUT2D eigenvalue weighted by atomic mass is 10.2. The molecule has 1 N–H and O–H groups in total. The Morgan fingerprint density at radius 3 is 2.76 bits per heavy atom. The average Bonchev–Trinajstić information content (AvgIpc) is 2.70. The maximum atomic E-state index is 12.0. The van der Waals surface area contributed by atoms with Crippen molar-refractivity contribution in [2.45, 2.75) is 18.4 Å². The zero-order chi connectivity index (χ0) is 11.6. The van der Waals surface area contributed by atoms with Crippen LogP contribution in [0.1, 0.15) is 12.0 Å². The molecule has 0 aromatic carbocycles. The van der Waals surface area contributed by atoms with Crippen LogP contribution in [-0.2, 0) is 9.84 Å². The van der Waals surface area contributed by atoms with Crippen molar-refractivity contribution in [2.24, 2.45) is 5.92 Å². The van der Waals surface area contributed by atoms with Crippen LogP contribution in [0.2, 0.25) is 0 Å². The molecule has 1 aromatic heterocycles. The Bertz CT molecular complexity index is 453. The van der Waals surface area contributed by atoms with E-state index in [1.807, 2.05) is 6.92 Å². The van der Waals surface area contributed by atoms with Gasteiger partial charge in [-0.3, -0.25) is 0 Å². The smallest absolute Gasteiger partial charge is 0.195 e. The van der Waals surface area contributed by atoms with Gasteiger partial charge >= 0.3 is 0 Å². The van der Waals surface area contributed by atoms with E-state index in [4.69, 9.17) is 0 Å². The molecule has 1 saturated heterocycles. The van der Waals surface area contributed by atoms with Gasteiger partial charge in [-0.2, -0.15) is 0 Å². The van der Waals surface area contributed by atoms with Gasteiger partial charge in [0.25, 0.3) is 0 Å². The van der Waals surface area contributed by atoms with E-state index in [-0.39, 0.29) is 29.1 Å². The standard InChI is InChI=1S/C11H16N2O2S.ClH/c1-9-2-3-11(13-6-9)16(14,15)8-10-4-5-12-7-10;/h2-3,6,10,12H,4-5,7-8H2,1H3;1H. The van der Waals surface area contributed by atoms with Gasteiger partial charge in [-0.15, -0.1) is 12.4 Å². The predicted molar refractivity (Wildman–Crippen MR) is 69.3 cm³/mol. The first-order chi connectivity index (χ1) is 7.58. The van der Waals surface area contributed by atoms with Crippen LogP contribution in [0, 0.1) is 12.8 Å². The first-order valence-corrected chi connectivity index (χ1v) is 7.09. The van der Waals surface area contributed by atoms with Crippen LogP contribution in [0.25, 0.3) is 0 Å². The molecule has 17 heavy (non-hydrogen) atoms. The molecular formula is C11H17ClN2O2S. The molecule has 0 saturated carbocycles. The van der Waals surface area contributed by atoms with E-state index in [1.54, 1.807) is 18.3 Å². The van der Waals surface area contributed by atoms with Crippen LogP contribution in [0.5, 0.6) is 0 Å². The highest BCUT2D eigenvalue weighted by Crippen LogP contribution is 2.16. The average molecular weight is 277 g/mol. The molecule has 96 valence electrons. The maximum absolute atomic E-state index is 12.0. The van der Waals surface area contributed by atoms with E-state index in [1.165, 1.54) is 0 Å². The summed E-state index contributed by atoms with van der Waals surface area (Å²) < 4.78 is 24.0. The molecule has 1 fully saturated rings. The van der Waals surface area contributed by atoms with Gasteiger partial charge < -0.3 is 5.32 Å². The summed E-state index contributed by atoms with van der Waals surface area (Å²) in [7, 11) is -3.21. The van der Waals surface area contributed by atoms with E-state index in [9.17, 15) is 8.42 Å². The monoisotopic (exact) mass is 276 g/mol. The van der Waals surface area contributed by atoms with Crippen LogP contribution in [0.4, 0.5) is 0 Å². The number of halogens is 1. The second kappa shape index (κ2) is 5.80. The Kier molecular flexibility index (Phi) is 4.91. The number of rotatable bonds is 3. The molecule has 1 unspecified atom stereocenters. The van der Waals surface area contributed by atoms with Crippen molar-refractivity contribution in [2.75, 3.05) is 18.8 Å². The van der Waals surface area contributed by atoms with Gasteiger partial charge in [-0.05, 0) is 44.0 Å². The third-order valence-electron chi connectivity index (χ3n) is 2.82. The minimum atomic E-state index is -3.21. The first kappa shape index (κ1) is 14.4. The second-order valence-electron chi connectivity index (χ2n) is 4.31. The third-order valence-corrected chi connectivity index (χ3v) is 4.61. The first-order valence-electron chi connectivity index (χ1n) is 5.44. The second-order valence-corrected chi connectivity index (χ2v) is 6.30. The minimum absolute atomic E-state index is 0. The molecule has 1 aromatic rings. The highest BCUT2D eigenvalue weighted by atomic mass is 35.5. The van der Waals surface area contributed by atoms with Gasteiger partial charge in [0.15, 0.2) is 14.9 Å². The lowest BCUT2D eigenvalue weighted by molar-refractivity contribution is 0.567. The Labute approximate surface area is 108 Å². The van der Waals surface area contributed by atoms with Crippen LogP contribution < -0.4 is 5.32 Å². The summed E-state index contributed by atoms with van der Waals surface area (Å²) in [6.45, 7) is 3.61. The highest BCUT2D eigenvalue weighted by Gasteiger charge is 2.24. The van der Waals surface area contributed by atoms with Crippen molar-refractivity contribution in [3.8, 4) is 0 Å². The van der Waals surface area contributed by atoms with Crippen molar-refractivity contribution >= 4 is 22.2 Å². The number of aryl methyl sites for hydroxylation is 1. The van der Waals surface area contributed by atoms with Crippen molar-refractivity contribution in [1.29, 1.82) is 0 Å². The summed E-state index contributed by atoms with van der Waals surface area (Å²) >= 11 is 0. The number of nitrogens with one attached hydrogen (secondary N) is 1. The van der Waals surface area contributed by atoms with Crippen molar-refractivity contribution < 1.29 is 8.42 Å². The van der Waals surface area contributed by atoms with Crippen molar-refractivity contribution in [3.05, 3.63) is 23.9 Å². The van der Waals surface area contributed by atoms with E-state index in [2.05, 4.69) is 10.3 Å². The molecule has 2 heterocycles. The molecule has 0 radical (unpaired) electrons. The van der Waals surface area contributed by atoms with Crippen LogP contribution in [-0.4, -0.2) is 32.2 Å². The summed E-state index contributed by atoms with van der Waals surface area (Å²) in [4.78, 5) is 3.98. The molecule has 4 nitrogen and oxygen atoms in total. The van der Waals surface area contributed by atoms with Gasteiger partial charge in [-0.1, -0.05) is 6.07 Å². The summed E-state index contributed by atoms with van der Waals surface area (Å²) in [5, 5.41) is 3.37. The molecule has 0 amide bonds. The third kappa shape index (κ3) is 3.66. The number of hydrogen-bond donors (Lipinski definition) is 1. The lowest BCUT2D eigenvalue weighted by Crippen LogP contribution is -2.19. The topological polar surface area (TPSA) is 59.1 Å². The molecule has 0 spiro atoms. The summed E-state index contributed by atoms with van der Waals surface area (Å²) in [6.07, 6.45) is 2.53. The maximum Gasteiger partial charge on any atom is 0.195 e. The molecule has 1 aliphatic heterocycles. The number of aromatic nitrogens is 1. The highest BCUT2D eigenvalue weighted by molar-refractivity contribution is 7.91. The Hall–Kier alpha value is -0.650. The van der Waals surface area contributed by atoms with E-state index in [0.717, 1.165) is 25.1 Å². The van der Waals surface area contributed by atoms with E-state index in [0.29, 0.717) is 0 Å². The molecule has 0 bridgehead atoms. The van der Waals surface area contributed by atoms with E-state index >= 15 is 0 Å². The van der Waals surface area contributed by atoms with Crippen LogP contribution in [0.15, 0.2) is 23.4 Å². The lowest BCUT2D eigenvalue weighted by Gasteiger charge is -2.08. The van der Waals surface area contributed by atoms with Gasteiger partial charge in [0.2, 0.25) is 0 Å². The molecule has 6 heteroatoms. The Morgan fingerprint density at radius 1 is 1.47 bits per heavy atom. The fraction of sp³-hybridized carbons (Fsp3) is 0.545. The Balaban J connectivity index is 0.00000144. The SMILES string of the molecule is Cc1ccc(S(=O)(=O)CC2CCNC2)nc1.Cl. The summed E-state index contributed by atoms with van der Waals surface area (Å²) in [5.74, 6) is 0.434. The normalized spacial score (nSPS) is 19.9. The molecule has 1 aliphatic rings. The number of nitrogens with zero attached hydrogens (tertiary/aromatic N) is 1. The molecule has 0 aliphatic carbocycles. The minimum Gasteiger partial charge on any atom is -0.316 e. The molecular weight excluding hydrogens is 260 g/mol. The van der Waals surface area contributed by atoms with Gasteiger partial charge in [0.1, 0.15) is 0 Å². The number of pyridine rings is 1. The zero-order valence-electron chi connectivity index (χ0n) is 9.72. The largest absolute Gasteiger partial charge is 0.316 e. The van der Waals surface area contributed by atoms with Crippen LogP contribution >= 0.6 is 12.4 Å². The predicted octanol–water partition coefficient (Wildman–Crippen LogP) is 1.20. The molecule has 2 rings (SSSR count). The summed E-state index contributed by atoms with van der Waals surface area (Å²) in [5.41, 5.74) is 0.974. The van der Waals surface area contributed by atoms with Crippen molar-refractivity contribution in [1.82, 2.24) is 10.3 Å². The summed E-state index contributed by atoms with van der Waals surface area (Å²) in [6, 6.07) is 3.37. The van der Waals surface area contributed by atoms with E-state index < -0.39 is 9.84 Å². The van der Waals surface area contributed by atoms with Crippen LogP contribution in [0.3, 0.4) is 0 Å². The van der Waals surface area contributed by atoms with Gasteiger partial charge in [0.05, 0.1) is 5.75 Å². The fourth-order valence-corrected chi connectivity index (χ4v) is 3.46. The van der Waals surface area contributed by atoms with Gasteiger partial charge in [0, 0.05) is 6.20 Å².